The molecule has 5 heteroatoms. The third kappa shape index (κ3) is 4.53. The standard InChI is InChI=1S/C10H13N2O3/c1-15-12-10(14)6-9(13)5-8-3-2-4-11-7-8/h2-4,7,9H,5-6H2,1H3,(H,12,14). The van der Waals surface area contributed by atoms with Crippen molar-refractivity contribution in [3.8, 4) is 0 Å². The molecule has 1 rings (SSSR count). The molecule has 0 bridgehead atoms. The molecule has 81 valence electrons. The van der Waals surface area contributed by atoms with E-state index < -0.39 is 12.0 Å². The number of rotatable bonds is 5. The second-order valence-electron chi connectivity index (χ2n) is 3.12. The fourth-order valence-electron chi connectivity index (χ4n) is 1.22. The smallest absolute Gasteiger partial charge is 0.246 e. The number of hydrogen-bond acceptors (Lipinski definition) is 3. The van der Waals surface area contributed by atoms with Crippen molar-refractivity contribution in [3.05, 3.63) is 30.1 Å². The molecule has 0 aliphatic carbocycles. The van der Waals surface area contributed by atoms with Crippen LogP contribution in [-0.2, 0) is 21.2 Å². The van der Waals surface area contributed by atoms with Crippen LogP contribution in [0, 0.1) is 0 Å². The Kier molecular flexibility index (Phi) is 4.73. The third-order valence-electron chi connectivity index (χ3n) is 1.82. The molecule has 5 nitrogen and oxygen atoms in total. The summed E-state index contributed by atoms with van der Waals surface area (Å²) in [7, 11) is 1.33. The van der Waals surface area contributed by atoms with Crippen LogP contribution in [0.25, 0.3) is 0 Å². The van der Waals surface area contributed by atoms with Crippen LogP contribution in [0.5, 0.6) is 0 Å². The molecule has 0 aliphatic rings. The number of pyridine rings is 1. The molecule has 1 unspecified atom stereocenters. The minimum Gasteiger partial charge on any atom is -0.277 e. The Morgan fingerprint density at radius 2 is 2.47 bits per heavy atom. The van der Waals surface area contributed by atoms with Crippen molar-refractivity contribution in [1.82, 2.24) is 10.5 Å². The van der Waals surface area contributed by atoms with Crippen LogP contribution in [0.4, 0.5) is 0 Å². The number of carbonyl (C=O) groups excluding carboxylic acids is 1. The van der Waals surface area contributed by atoms with Crippen molar-refractivity contribution < 1.29 is 14.7 Å². The van der Waals surface area contributed by atoms with Gasteiger partial charge in [0.25, 0.3) is 0 Å². The molecule has 0 aromatic carbocycles. The van der Waals surface area contributed by atoms with Gasteiger partial charge >= 0.3 is 0 Å². The molecular formula is C10H13N2O3. The summed E-state index contributed by atoms with van der Waals surface area (Å²) in [6.45, 7) is 0. The molecular weight excluding hydrogens is 196 g/mol. The second-order valence-corrected chi connectivity index (χ2v) is 3.12. The Morgan fingerprint density at radius 1 is 1.67 bits per heavy atom. The Bertz CT molecular complexity index is 303. The van der Waals surface area contributed by atoms with Crippen molar-refractivity contribution >= 4 is 5.91 Å². The predicted molar refractivity (Wildman–Crippen MR) is 52.2 cm³/mol. The van der Waals surface area contributed by atoms with E-state index >= 15 is 0 Å². The average molecular weight is 209 g/mol. The highest BCUT2D eigenvalue weighted by Gasteiger charge is 2.12. The maximum Gasteiger partial charge on any atom is 0.246 e. The summed E-state index contributed by atoms with van der Waals surface area (Å²) in [5, 5.41) is 11.4. The van der Waals surface area contributed by atoms with Gasteiger partial charge in [-0.15, -0.1) is 0 Å². The summed E-state index contributed by atoms with van der Waals surface area (Å²) >= 11 is 0. The number of amides is 1. The molecule has 1 aromatic rings. The SMILES string of the molecule is CONC(=O)CC([O])Cc1cccnc1. The number of aromatic nitrogens is 1. The molecule has 1 aromatic heterocycles. The zero-order valence-corrected chi connectivity index (χ0v) is 8.47. The number of hydrogen-bond donors (Lipinski definition) is 1. The van der Waals surface area contributed by atoms with Gasteiger partial charge in [0.2, 0.25) is 5.91 Å². The highest BCUT2D eigenvalue weighted by Crippen LogP contribution is 2.04. The lowest BCUT2D eigenvalue weighted by Crippen LogP contribution is -2.26. The lowest BCUT2D eigenvalue weighted by molar-refractivity contribution is -0.134. The summed E-state index contributed by atoms with van der Waals surface area (Å²) < 4.78 is 0. The molecule has 1 radical (unpaired) electrons. The van der Waals surface area contributed by atoms with Crippen molar-refractivity contribution in [2.75, 3.05) is 7.11 Å². The van der Waals surface area contributed by atoms with Gasteiger partial charge in [-0.3, -0.25) is 14.6 Å². The Morgan fingerprint density at radius 3 is 3.07 bits per heavy atom. The summed E-state index contributed by atoms with van der Waals surface area (Å²) in [6, 6.07) is 3.57. The molecule has 1 amide bonds. The predicted octanol–water partition coefficient (Wildman–Crippen LogP) is 0.491. The molecule has 1 N–H and O–H groups in total. The van der Waals surface area contributed by atoms with Gasteiger partial charge in [0.1, 0.15) is 6.10 Å². The fourth-order valence-corrected chi connectivity index (χ4v) is 1.22. The van der Waals surface area contributed by atoms with Crippen LogP contribution < -0.4 is 5.48 Å². The van der Waals surface area contributed by atoms with Crippen LogP contribution in [0.3, 0.4) is 0 Å². The van der Waals surface area contributed by atoms with E-state index in [-0.39, 0.29) is 6.42 Å². The van der Waals surface area contributed by atoms with Crippen molar-refractivity contribution in [2.45, 2.75) is 18.9 Å². The third-order valence-corrected chi connectivity index (χ3v) is 1.82. The first-order chi connectivity index (χ1) is 7.22. The lowest BCUT2D eigenvalue weighted by Gasteiger charge is -2.07. The Balaban J connectivity index is 2.36. The van der Waals surface area contributed by atoms with Gasteiger partial charge in [-0.25, -0.2) is 10.6 Å². The Hall–Kier alpha value is -1.46. The first-order valence-corrected chi connectivity index (χ1v) is 4.59. The molecule has 15 heavy (non-hydrogen) atoms. The van der Waals surface area contributed by atoms with E-state index in [4.69, 9.17) is 0 Å². The number of nitrogens with one attached hydrogen (secondary N) is 1. The van der Waals surface area contributed by atoms with Gasteiger partial charge in [-0.1, -0.05) is 6.07 Å². The van der Waals surface area contributed by atoms with Crippen molar-refractivity contribution in [2.24, 2.45) is 0 Å². The molecule has 0 aliphatic heterocycles. The van der Waals surface area contributed by atoms with E-state index in [0.29, 0.717) is 6.42 Å². The molecule has 0 saturated heterocycles. The van der Waals surface area contributed by atoms with Crippen molar-refractivity contribution in [1.29, 1.82) is 0 Å². The van der Waals surface area contributed by atoms with Crippen molar-refractivity contribution in [3.63, 3.8) is 0 Å². The first kappa shape index (κ1) is 11.6. The van der Waals surface area contributed by atoms with Gasteiger partial charge < -0.3 is 0 Å². The van der Waals surface area contributed by atoms with Crippen LogP contribution in [-0.4, -0.2) is 24.1 Å². The summed E-state index contributed by atoms with van der Waals surface area (Å²) in [5.74, 6) is -0.401. The second kappa shape index (κ2) is 6.10. The lowest BCUT2D eigenvalue weighted by atomic mass is 10.1. The topological polar surface area (TPSA) is 71.1 Å². The largest absolute Gasteiger partial charge is 0.277 e. The minimum atomic E-state index is -0.968. The summed E-state index contributed by atoms with van der Waals surface area (Å²) in [5.41, 5.74) is 2.94. The number of hydroxylamine groups is 1. The van der Waals surface area contributed by atoms with E-state index in [1.165, 1.54) is 7.11 Å². The van der Waals surface area contributed by atoms with Crippen LogP contribution in [0.15, 0.2) is 24.5 Å². The minimum absolute atomic E-state index is 0.0945. The van der Waals surface area contributed by atoms with E-state index in [1.807, 2.05) is 6.07 Å². The molecule has 0 fully saturated rings. The zero-order valence-electron chi connectivity index (χ0n) is 8.47. The average Bonchev–Trinajstić information content (AvgIpc) is 2.19. The molecule has 0 spiro atoms. The normalized spacial score (nSPS) is 12.1. The Labute approximate surface area is 88.0 Å². The highest BCUT2D eigenvalue weighted by molar-refractivity contribution is 5.75. The van der Waals surface area contributed by atoms with E-state index in [1.54, 1.807) is 18.5 Å². The van der Waals surface area contributed by atoms with E-state index in [0.717, 1.165) is 5.56 Å². The van der Waals surface area contributed by atoms with E-state index in [9.17, 15) is 9.90 Å². The molecule has 1 heterocycles. The molecule has 0 saturated carbocycles. The van der Waals surface area contributed by atoms with Gasteiger partial charge in [0, 0.05) is 18.8 Å². The summed E-state index contributed by atoms with van der Waals surface area (Å²) in [6.07, 6.45) is 2.50. The monoisotopic (exact) mass is 209 g/mol. The van der Waals surface area contributed by atoms with Gasteiger partial charge in [0.05, 0.1) is 13.5 Å². The maximum absolute atomic E-state index is 11.4. The van der Waals surface area contributed by atoms with Crippen LogP contribution in [0.1, 0.15) is 12.0 Å². The fraction of sp³-hybridized carbons (Fsp3) is 0.400. The number of carbonyl (C=O) groups is 1. The first-order valence-electron chi connectivity index (χ1n) is 4.59. The number of nitrogens with zero attached hydrogens (tertiary/aromatic N) is 1. The summed E-state index contributed by atoms with van der Waals surface area (Å²) in [4.78, 5) is 19.3. The quantitative estimate of drug-likeness (QED) is 0.717. The van der Waals surface area contributed by atoms with Crippen LogP contribution in [0.2, 0.25) is 0 Å². The van der Waals surface area contributed by atoms with Gasteiger partial charge in [0.15, 0.2) is 0 Å². The van der Waals surface area contributed by atoms with Gasteiger partial charge in [-0.05, 0) is 11.6 Å². The maximum atomic E-state index is 11.4. The zero-order chi connectivity index (χ0) is 11.1. The molecule has 1 atom stereocenters. The van der Waals surface area contributed by atoms with E-state index in [2.05, 4.69) is 15.3 Å². The highest BCUT2D eigenvalue weighted by atomic mass is 16.6. The van der Waals surface area contributed by atoms with Gasteiger partial charge in [-0.2, -0.15) is 0 Å². The van der Waals surface area contributed by atoms with Crippen LogP contribution >= 0.6 is 0 Å².